The van der Waals surface area contributed by atoms with Gasteiger partial charge in [0.2, 0.25) is 0 Å². The van der Waals surface area contributed by atoms with Crippen LogP contribution >= 0.6 is 0 Å². The second-order valence-electron chi connectivity index (χ2n) is 3.49. The summed E-state index contributed by atoms with van der Waals surface area (Å²) in [7, 11) is 0. The first-order chi connectivity index (χ1) is 7.27. The molecule has 3 nitrogen and oxygen atoms in total. The molecule has 84 valence electrons. The number of aliphatic hydroxyl groups is 1. The lowest BCUT2D eigenvalue weighted by molar-refractivity contribution is -0.0338. The lowest BCUT2D eigenvalue weighted by atomic mass is 10.1. The quantitative estimate of drug-likeness (QED) is 0.776. The molecule has 1 aromatic heterocycles. The van der Waals surface area contributed by atoms with E-state index in [0.717, 1.165) is 12.1 Å². The van der Waals surface area contributed by atoms with Crippen LogP contribution in [0.1, 0.15) is 26.0 Å². The van der Waals surface area contributed by atoms with Crippen molar-refractivity contribution in [3.8, 4) is 0 Å². The van der Waals surface area contributed by atoms with E-state index in [4.69, 9.17) is 4.74 Å². The third-order valence-electron chi connectivity index (χ3n) is 2.36. The minimum absolute atomic E-state index is 0.0861. The number of hydrogen-bond acceptors (Lipinski definition) is 3. The first kappa shape index (κ1) is 12.1. The maximum Gasteiger partial charge on any atom is 0.0857 e. The molecule has 1 rings (SSSR count). The van der Waals surface area contributed by atoms with Gasteiger partial charge in [0.15, 0.2) is 0 Å². The van der Waals surface area contributed by atoms with E-state index in [9.17, 15) is 5.11 Å². The van der Waals surface area contributed by atoms with Crippen LogP contribution in [0.2, 0.25) is 0 Å². The molecule has 0 saturated heterocycles. The van der Waals surface area contributed by atoms with E-state index in [1.54, 1.807) is 6.20 Å². The van der Waals surface area contributed by atoms with E-state index >= 15 is 0 Å². The van der Waals surface area contributed by atoms with Gasteiger partial charge in [-0.05, 0) is 25.5 Å². The predicted octanol–water partition coefficient (Wildman–Crippen LogP) is 1.80. The summed E-state index contributed by atoms with van der Waals surface area (Å²) in [5.74, 6) is 0. The maximum absolute atomic E-state index is 9.93. The van der Waals surface area contributed by atoms with Crippen molar-refractivity contribution in [2.75, 3.05) is 6.61 Å². The van der Waals surface area contributed by atoms with Crippen LogP contribution in [-0.2, 0) is 11.2 Å². The smallest absolute Gasteiger partial charge is 0.0857 e. The van der Waals surface area contributed by atoms with Gasteiger partial charge in [0.25, 0.3) is 0 Å². The van der Waals surface area contributed by atoms with Crippen molar-refractivity contribution in [3.05, 3.63) is 30.1 Å². The third-order valence-corrected chi connectivity index (χ3v) is 2.36. The Kier molecular flexibility index (Phi) is 5.29. The van der Waals surface area contributed by atoms with Crippen molar-refractivity contribution >= 4 is 0 Å². The normalized spacial score (nSPS) is 14.9. The molecule has 0 aromatic carbocycles. The van der Waals surface area contributed by atoms with E-state index in [2.05, 4.69) is 4.98 Å². The van der Waals surface area contributed by atoms with E-state index in [1.165, 1.54) is 0 Å². The van der Waals surface area contributed by atoms with Gasteiger partial charge in [0, 0.05) is 24.9 Å². The highest BCUT2D eigenvalue weighted by molar-refractivity contribution is 5.05. The molecule has 1 heterocycles. The van der Waals surface area contributed by atoms with Gasteiger partial charge in [0.1, 0.15) is 0 Å². The van der Waals surface area contributed by atoms with Gasteiger partial charge in [-0.25, -0.2) is 0 Å². The third kappa shape index (κ3) is 3.98. The number of pyridine rings is 1. The fourth-order valence-corrected chi connectivity index (χ4v) is 1.58. The number of nitrogens with zero attached hydrogens (tertiary/aromatic N) is 1. The van der Waals surface area contributed by atoms with E-state index in [-0.39, 0.29) is 6.10 Å². The van der Waals surface area contributed by atoms with E-state index in [1.807, 2.05) is 32.0 Å². The summed E-state index contributed by atoms with van der Waals surface area (Å²) in [6.45, 7) is 4.59. The van der Waals surface area contributed by atoms with Crippen molar-refractivity contribution < 1.29 is 9.84 Å². The predicted molar refractivity (Wildman–Crippen MR) is 59.7 cm³/mol. The fraction of sp³-hybridized carbons (Fsp3) is 0.583. The number of ether oxygens (including phenoxy) is 1. The zero-order valence-corrected chi connectivity index (χ0v) is 9.39. The largest absolute Gasteiger partial charge is 0.390 e. The van der Waals surface area contributed by atoms with Gasteiger partial charge in [0.05, 0.1) is 12.2 Å². The molecule has 1 aromatic rings. The number of rotatable bonds is 6. The highest BCUT2D eigenvalue weighted by atomic mass is 16.5. The molecule has 0 aliphatic heterocycles. The summed E-state index contributed by atoms with van der Waals surface area (Å²) in [6, 6.07) is 5.72. The molecule has 0 aliphatic rings. The fourth-order valence-electron chi connectivity index (χ4n) is 1.58. The summed E-state index contributed by atoms with van der Waals surface area (Å²) in [5, 5.41) is 9.93. The van der Waals surface area contributed by atoms with Crippen LogP contribution in [0.5, 0.6) is 0 Å². The van der Waals surface area contributed by atoms with Gasteiger partial charge < -0.3 is 9.84 Å². The summed E-state index contributed by atoms with van der Waals surface area (Å²) >= 11 is 0. The maximum atomic E-state index is 9.93. The molecule has 3 heteroatoms. The second-order valence-corrected chi connectivity index (χ2v) is 3.49. The molecule has 0 fully saturated rings. The highest BCUT2D eigenvalue weighted by Gasteiger charge is 2.18. The topological polar surface area (TPSA) is 42.4 Å². The van der Waals surface area contributed by atoms with Crippen LogP contribution in [-0.4, -0.2) is 28.9 Å². The zero-order chi connectivity index (χ0) is 11.1. The van der Waals surface area contributed by atoms with Crippen LogP contribution in [0.15, 0.2) is 24.4 Å². The number of aliphatic hydroxyl groups excluding tert-OH is 1. The summed E-state index contributed by atoms with van der Waals surface area (Å²) < 4.78 is 5.45. The van der Waals surface area contributed by atoms with Crippen molar-refractivity contribution in [3.63, 3.8) is 0 Å². The van der Waals surface area contributed by atoms with Crippen molar-refractivity contribution in [2.45, 2.75) is 38.9 Å². The SMILES string of the molecule is CCOC(CC)C(O)Cc1ccccn1. The van der Waals surface area contributed by atoms with Crippen molar-refractivity contribution in [2.24, 2.45) is 0 Å². The number of hydrogen-bond donors (Lipinski definition) is 1. The molecule has 0 saturated carbocycles. The Morgan fingerprint density at radius 1 is 1.40 bits per heavy atom. The van der Waals surface area contributed by atoms with Crippen LogP contribution in [0.4, 0.5) is 0 Å². The molecule has 0 bridgehead atoms. The average molecular weight is 209 g/mol. The van der Waals surface area contributed by atoms with Gasteiger partial charge in [-0.2, -0.15) is 0 Å². The summed E-state index contributed by atoms with van der Waals surface area (Å²) in [4.78, 5) is 4.18. The Morgan fingerprint density at radius 3 is 2.73 bits per heavy atom. The van der Waals surface area contributed by atoms with Crippen LogP contribution < -0.4 is 0 Å². The molecule has 15 heavy (non-hydrogen) atoms. The lowest BCUT2D eigenvalue weighted by Gasteiger charge is -2.21. The monoisotopic (exact) mass is 209 g/mol. The van der Waals surface area contributed by atoms with Gasteiger partial charge in [-0.3, -0.25) is 4.98 Å². The summed E-state index contributed by atoms with van der Waals surface area (Å²) in [6.07, 6.45) is 2.56. The van der Waals surface area contributed by atoms with E-state index < -0.39 is 6.10 Å². The molecule has 1 N–H and O–H groups in total. The Balaban J connectivity index is 2.50. The molecule has 0 spiro atoms. The minimum Gasteiger partial charge on any atom is -0.390 e. The molecular weight excluding hydrogens is 190 g/mol. The Hall–Kier alpha value is -0.930. The van der Waals surface area contributed by atoms with Gasteiger partial charge in [-0.1, -0.05) is 13.0 Å². The summed E-state index contributed by atoms with van der Waals surface area (Å²) in [5.41, 5.74) is 0.906. The van der Waals surface area contributed by atoms with Crippen molar-refractivity contribution in [1.29, 1.82) is 0 Å². The minimum atomic E-state index is -0.468. The van der Waals surface area contributed by atoms with Gasteiger partial charge >= 0.3 is 0 Å². The highest BCUT2D eigenvalue weighted by Crippen LogP contribution is 2.09. The molecule has 2 atom stereocenters. The van der Waals surface area contributed by atoms with Crippen LogP contribution in [0.25, 0.3) is 0 Å². The van der Waals surface area contributed by atoms with Crippen molar-refractivity contribution in [1.82, 2.24) is 4.98 Å². The Morgan fingerprint density at radius 2 is 2.20 bits per heavy atom. The first-order valence-corrected chi connectivity index (χ1v) is 5.47. The Bertz CT molecular complexity index is 264. The zero-order valence-electron chi connectivity index (χ0n) is 9.39. The molecule has 2 unspecified atom stereocenters. The molecule has 0 aliphatic carbocycles. The van der Waals surface area contributed by atoms with Gasteiger partial charge in [-0.15, -0.1) is 0 Å². The standard InChI is InChI=1S/C12H19NO2/c1-3-12(15-4-2)11(14)9-10-7-5-6-8-13-10/h5-8,11-12,14H,3-4,9H2,1-2H3. The first-order valence-electron chi connectivity index (χ1n) is 5.47. The molecular formula is C12H19NO2. The molecule has 0 amide bonds. The lowest BCUT2D eigenvalue weighted by Crippen LogP contribution is -2.30. The van der Waals surface area contributed by atoms with E-state index in [0.29, 0.717) is 13.0 Å². The van der Waals surface area contributed by atoms with Crippen LogP contribution in [0.3, 0.4) is 0 Å². The Labute approximate surface area is 91.1 Å². The van der Waals surface area contributed by atoms with Crippen LogP contribution in [0, 0.1) is 0 Å². The molecule has 0 radical (unpaired) electrons. The number of aromatic nitrogens is 1. The second kappa shape index (κ2) is 6.53. The average Bonchev–Trinajstić information content (AvgIpc) is 2.27.